The first-order chi connectivity index (χ1) is 8.90. The zero-order valence-electron chi connectivity index (χ0n) is 11.6. The van der Waals surface area contributed by atoms with Gasteiger partial charge in [0.1, 0.15) is 5.75 Å². The number of ether oxygens (including phenoxy) is 1. The smallest absolute Gasteiger partial charge is 0.214 e. The second-order valence-corrected chi connectivity index (χ2v) is 6.89. The first-order valence-corrected chi connectivity index (χ1v) is 7.85. The van der Waals surface area contributed by atoms with E-state index < -0.39 is 9.73 Å². The van der Waals surface area contributed by atoms with Crippen LogP contribution in [-0.2, 0) is 9.73 Å². The molecule has 1 rings (SSSR count). The first kappa shape index (κ1) is 15.3. The van der Waals surface area contributed by atoms with Crippen LogP contribution in [0.2, 0.25) is 0 Å². The molecule has 0 fully saturated rings. The summed E-state index contributed by atoms with van der Waals surface area (Å²) in [6.07, 6.45) is 3.03. The Bertz CT molecular complexity index is 596. The molecule has 104 valence electrons. The van der Waals surface area contributed by atoms with Crippen LogP contribution < -0.4 is 10.1 Å². The Labute approximate surface area is 114 Å². The van der Waals surface area contributed by atoms with Gasteiger partial charge in [-0.2, -0.15) is 5.26 Å². The molecule has 0 saturated heterocycles. The molecule has 0 spiro atoms. The van der Waals surface area contributed by atoms with Gasteiger partial charge < -0.3 is 10.1 Å². The molecule has 1 aromatic carbocycles. The Morgan fingerprint density at radius 1 is 1.53 bits per heavy atom. The zero-order valence-corrected chi connectivity index (χ0v) is 12.5. The van der Waals surface area contributed by atoms with Gasteiger partial charge in [0.05, 0.1) is 27.4 Å². The molecule has 6 heteroatoms. The van der Waals surface area contributed by atoms with Crippen LogP contribution in [0.4, 0.5) is 5.69 Å². The molecule has 0 saturated carbocycles. The van der Waals surface area contributed by atoms with E-state index in [1.54, 1.807) is 31.5 Å². The number of rotatable bonds is 5. The molecule has 0 heterocycles. The number of anilines is 1. The van der Waals surface area contributed by atoms with Crippen molar-refractivity contribution in [3.8, 4) is 11.9 Å². The maximum atomic E-state index is 12.2. The number of hydrogen-bond acceptors (Lipinski definition) is 5. The molecule has 0 aromatic heterocycles. The van der Waals surface area contributed by atoms with Gasteiger partial charge in [0, 0.05) is 12.8 Å². The third kappa shape index (κ3) is 4.14. The summed E-state index contributed by atoms with van der Waals surface area (Å²) < 4.78 is 20.9. The fraction of sp³-hybridized carbons (Fsp3) is 0.462. The average molecular weight is 281 g/mol. The highest BCUT2D eigenvalue weighted by atomic mass is 32.2. The molecule has 0 aliphatic heterocycles. The van der Waals surface area contributed by atoms with Crippen molar-refractivity contribution in [3.63, 3.8) is 0 Å². The standard InChI is InChI=1S/C13H19N3O2S/c1-10(2)8-15-12-6-5-11(7-13(12)18-3)19(4,17)16-9-14/h5-7,10,15H,8H2,1-4H3/t19-/m0/s1. The van der Waals surface area contributed by atoms with Crippen molar-refractivity contribution < 1.29 is 8.95 Å². The lowest BCUT2D eigenvalue weighted by atomic mass is 10.2. The minimum atomic E-state index is -2.68. The quantitative estimate of drug-likeness (QED) is 0.842. The van der Waals surface area contributed by atoms with Crippen LogP contribution in [-0.4, -0.2) is 24.1 Å². The fourth-order valence-corrected chi connectivity index (χ4v) is 2.41. The molecule has 19 heavy (non-hydrogen) atoms. The normalized spacial score (nSPS) is 13.5. The van der Waals surface area contributed by atoms with Gasteiger partial charge in [-0.1, -0.05) is 13.8 Å². The summed E-state index contributed by atoms with van der Waals surface area (Å²) in [6, 6.07) is 5.16. The fourth-order valence-electron chi connectivity index (χ4n) is 1.50. The van der Waals surface area contributed by atoms with Gasteiger partial charge in [0.25, 0.3) is 0 Å². The average Bonchev–Trinajstić information content (AvgIpc) is 2.35. The van der Waals surface area contributed by atoms with Crippen molar-refractivity contribution in [1.82, 2.24) is 0 Å². The van der Waals surface area contributed by atoms with Crippen molar-refractivity contribution >= 4 is 15.4 Å². The van der Waals surface area contributed by atoms with Crippen molar-refractivity contribution in [2.24, 2.45) is 10.3 Å². The molecule has 0 aliphatic rings. The van der Waals surface area contributed by atoms with Crippen molar-refractivity contribution in [2.75, 3.05) is 25.2 Å². The highest BCUT2D eigenvalue weighted by Gasteiger charge is 2.11. The van der Waals surface area contributed by atoms with Crippen LogP contribution >= 0.6 is 0 Å². The lowest BCUT2D eigenvalue weighted by Gasteiger charge is -2.14. The lowest BCUT2D eigenvalue weighted by Crippen LogP contribution is -2.09. The van der Waals surface area contributed by atoms with E-state index in [1.807, 2.05) is 0 Å². The Morgan fingerprint density at radius 3 is 2.74 bits per heavy atom. The van der Waals surface area contributed by atoms with E-state index in [0.717, 1.165) is 12.2 Å². The molecular weight excluding hydrogens is 262 g/mol. The molecule has 0 unspecified atom stereocenters. The number of benzene rings is 1. The van der Waals surface area contributed by atoms with E-state index in [0.29, 0.717) is 16.6 Å². The number of methoxy groups -OCH3 is 1. The highest BCUT2D eigenvalue weighted by Crippen LogP contribution is 2.28. The monoisotopic (exact) mass is 281 g/mol. The molecule has 1 aromatic rings. The number of nitrogens with zero attached hydrogens (tertiary/aromatic N) is 2. The third-order valence-electron chi connectivity index (χ3n) is 2.53. The largest absolute Gasteiger partial charge is 0.495 e. The van der Waals surface area contributed by atoms with Crippen molar-refractivity contribution in [2.45, 2.75) is 18.7 Å². The van der Waals surface area contributed by atoms with Gasteiger partial charge in [-0.3, -0.25) is 0 Å². The van der Waals surface area contributed by atoms with Gasteiger partial charge in [-0.15, -0.1) is 4.36 Å². The molecule has 1 N–H and O–H groups in total. The van der Waals surface area contributed by atoms with E-state index in [1.165, 1.54) is 6.26 Å². The minimum absolute atomic E-state index is 0.487. The van der Waals surface area contributed by atoms with Crippen LogP contribution in [0.1, 0.15) is 13.8 Å². The van der Waals surface area contributed by atoms with E-state index in [9.17, 15) is 4.21 Å². The molecule has 0 radical (unpaired) electrons. The van der Waals surface area contributed by atoms with Crippen LogP contribution in [0, 0.1) is 17.4 Å². The maximum Gasteiger partial charge on any atom is 0.214 e. The highest BCUT2D eigenvalue weighted by molar-refractivity contribution is 7.93. The van der Waals surface area contributed by atoms with Crippen LogP contribution in [0.5, 0.6) is 5.75 Å². The molecule has 5 nitrogen and oxygen atoms in total. The van der Waals surface area contributed by atoms with E-state index >= 15 is 0 Å². The SMILES string of the molecule is COc1cc([S@](C)(=O)=NC#N)ccc1NCC(C)C. The zero-order chi connectivity index (χ0) is 14.5. The summed E-state index contributed by atoms with van der Waals surface area (Å²) in [5, 5.41) is 11.8. The van der Waals surface area contributed by atoms with Crippen LogP contribution in [0.3, 0.4) is 0 Å². The molecule has 1 atom stereocenters. The van der Waals surface area contributed by atoms with E-state index in [-0.39, 0.29) is 0 Å². The Balaban J connectivity index is 3.14. The summed E-state index contributed by atoms with van der Waals surface area (Å²) in [6.45, 7) is 5.04. The summed E-state index contributed by atoms with van der Waals surface area (Å²) in [5.74, 6) is 1.11. The van der Waals surface area contributed by atoms with Gasteiger partial charge >= 0.3 is 0 Å². The predicted octanol–water partition coefficient (Wildman–Crippen LogP) is 2.70. The van der Waals surface area contributed by atoms with E-state index in [4.69, 9.17) is 10.00 Å². The second-order valence-electron chi connectivity index (χ2n) is 4.63. The van der Waals surface area contributed by atoms with Crippen molar-refractivity contribution in [1.29, 1.82) is 5.26 Å². The topological polar surface area (TPSA) is 74.5 Å². The van der Waals surface area contributed by atoms with Crippen molar-refractivity contribution in [3.05, 3.63) is 18.2 Å². The predicted molar refractivity (Wildman–Crippen MR) is 76.7 cm³/mol. The Hall–Kier alpha value is -1.74. The van der Waals surface area contributed by atoms with Crippen LogP contribution in [0.25, 0.3) is 0 Å². The van der Waals surface area contributed by atoms with Crippen LogP contribution in [0.15, 0.2) is 27.5 Å². The van der Waals surface area contributed by atoms with E-state index in [2.05, 4.69) is 23.5 Å². The summed E-state index contributed by atoms with van der Waals surface area (Å²) in [7, 11) is -1.13. The van der Waals surface area contributed by atoms with Gasteiger partial charge in [-0.25, -0.2) is 4.21 Å². The lowest BCUT2D eigenvalue weighted by molar-refractivity contribution is 0.415. The summed E-state index contributed by atoms with van der Waals surface area (Å²) in [5.41, 5.74) is 0.840. The molecule has 0 bridgehead atoms. The number of nitrogens with one attached hydrogen (secondary N) is 1. The second kappa shape index (κ2) is 6.43. The molecule has 0 aliphatic carbocycles. The van der Waals surface area contributed by atoms with Gasteiger partial charge in [0.15, 0.2) is 0 Å². The molecule has 0 amide bonds. The maximum absolute atomic E-state index is 12.2. The summed E-state index contributed by atoms with van der Waals surface area (Å²) >= 11 is 0. The van der Waals surface area contributed by atoms with Gasteiger partial charge in [0.2, 0.25) is 6.19 Å². The number of nitriles is 1. The van der Waals surface area contributed by atoms with Gasteiger partial charge in [-0.05, 0) is 24.1 Å². The Kier molecular flexibility index (Phi) is 5.19. The minimum Gasteiger partial charge on any atom is -0.495 e. The number of hydrogen-bond donors (Lipinski definition) is 1. The summed E-state index contributed by atoms with van der Waals surface area (Å²) in [4.78, 5) is 0.487. The third-order valence-corrected chi connectivity index (χ3v) is 4.08. The molecular formula is C13H19N3O2S. The first-order valence-electron chi connectivity index (χ1n) is 5.93. The Morgan fingerprint density at radius 2 is 2.21 bits per heavy atom.